The zero-order valence-corrected chi connectivity index (χ0v) is 15.6. The first kappa shape index (κ1) is 18.6. The number of hydrogen-bond acceptors (Lipinski definition) is 5. The Bertz CT molecular complexity index is 959. The summed E-state index contributed by atoms with van der Waals surface area (Å²) in [4.78, 5) is 18.2. The van der Waals surface area contributed by atoms with Gasteiger partial charge in [-0.3, -0.25) is 4.79 Å². The van der Waals surface area contributed by atoms with Crippen molar-refractivity contribution in [1.82, 2.24) is 19.6 Å². The van der Waals surface area contributed by atoms with Gasteiger partial charge in [0, 0.05) is 43.8 Å². The van der Waals surface area contributed by atoms with E-state index in [9.17, 15) is 15.0 Å². The molecule has 0 atom stereocenters. The Morgan fingerprint density at radius 2 is 1.82 bits per heavy atom. The molecule has 3 N–H and O–H groups in total. The number of benzene rings is 1. The minimum atomic E-state index is -1.96. The van der Waals surface area contributed by atoms with Gasteiger partial charge < -0.3 is 19.9 Å². The Kier molecular flexibility index (Phi) is 5.13. The number of imidazole rings is 1. The monoisotopic (exact) mass is 380 g/mol. The van der Waals surface area contributed by atoms with Crippen LogP contribution in [-0.4, -0.2) is 43.5 Å². The van der Waals surface area contributed by atoms with E-state index < -0.39 is 5.91 Å². The fourth-order valence-corrected chi connectivity index (χ4v) is 3.57. The number of carbonyl (C=O) groups excluding carboxylic acids is 1. The molecule has 0 unspecified atom stereocenters. The highest BCUT2D eigenvalue weighted by Gasteiger charge is 2.34. The molecule has 0 spiro atoms. The van der Waals surface area contributed by atoms with Gasteiger partial charge >= 0.3 is 0 Å². The fraction of sp³-hybridized carbons (Fsp3) is 0.333. The number of pyridine rings is 1. The maximum atomic E-state index is 12.4. The van der Waals surface area contributed by atoms with Crippen LogP contribution in [0.1, 0.15) is 40.7 Å². The molecular weight excluding hydrogens is 356 g/mol. The Hall–Kier alpha value is -2.74. The Morgan fingerprint density at radius 1 is 1.07 bits per heavy atom. The lowest BCUT2D eigenvalue weighted by molar-refractivity contribution is -0.278. The van der Waals surface area contributed by atoms with Crippen molar-refractivity contribution in [2.45, 2.75) is 31.7 Å². The average Bonchev–Trinajstić information content (AvgIpc) is 3.21. The molecule has 28 heavy (non-hydrogen) atoms. The summed E-state index contributed by atoms with van der Waals surface area (Å²) in [5.74, 6) is -2.13. The van der Waals surface area contributed by atoms with Crippen molar-refractivity contribution < 1.29 is 15.0 Å². The van der Waals surface area contributed by atoms with Gasteiger partial charge in [-0.1, -0.05) is 30.7 Å². The molecule has 0 radical (unpaired) electrons. The summed E-state index contributed by atoms with van der Waals surface area (Å²) in [6, 6.07) is 10.6. The minimum absolute atomic E-state index is 0.174. The number of likely N-dealkylation sites (tertiary alicyclic amines) is 1. The van der Waals surface area contributed by atoms with Gasteiger partial charge in [0.25, 0.3) is 11.8 Å². The summed E-state index contributed by atoms with van der Waals surface area (Å²) >= 11 is 0. The van der Waals surface area contributed by atoms with Crippen LogP contribution in [0.4, 0.5) is 0 Å². The van der Waals surface area contributed by atoms with Crippen molar-refractivity contribution in [3.63, 3.8) is 0 Å². The van der Waals surface area contributed by atoms with Gasteiger partial charge in [0.1, 0.15) is 5.65 Å². The van der Waals surface area contributed by atoms with Crippen LogP contribution in [0.2, 0.25) is 0 Å². The molecule has 3 aromatic rings. The summed E-state index contributed by atoms with van der Waals surface area (Å²) in [7, 11) is 0. The summed E-state index contributed by atoms with van der Waals surface area (Å²) in [5.41, 5.74) is 2.67. The minimum Gasteiger partial charge on any atom is -0.349 e. The molecule has 4 rings (SSSR count). The van der Waals surface area contributed by atoms with Crippen LogP contribution >= 0.6 is 0 Å². The van der Waals surface area contributed by atoms with Crippen molar-refractivity contribution >= 4 is 11.6 Å². The maximum absolute atomic E-state index is 12.4. The topological polar surface area (TPSA) is 90.1 Å². The first-order chi connectivity index (χ1) is 13.5. The van der Waals surface area contributed by atoms with Gasteiger partial charge in [-0.05, 0) is 30.5 Å². The Labute approximate surface area is 163 Å². The first-order valence-corrected chi connectivity index (χ1v) is 9.54. The van der Waals surface area contributed by atoms with Crippen LogP contribution in [-0.2, 0) is 12.5 Å². The normalized spacial score (nSPS) is 15.6. The number of hydrogen-bond donors (Lipinski definition) is 3. The number of fused-ring (bicyclic) bond motifs is 1. The van der Waals surface area contributed by atoms with Crippen LogP contribution < -0.4 is 5.32 Å². The van der Waals surface area contributed by atoms with E-state index in [1.807, 2.05) is 0 Å². The molecule has 2 aromatic heterocycles. The van der Waals surface area contributed by atoms with Gasteiger partial charge in [0.05, 0.1) is 5.56 Å². The third-order valence-corrected chi connectivity index (χ3v) is 5.24. The van der Waals surface area contributed by atoms with Gasteiger partial charge in [-0.15, -0.1) is 0 Å². The molecule has 0 bridgehead atoms. The summed E-state index contributed by atoms with van der Waals surface area (Å²) < 4.78 is 1.80. The van der Waals surface area contributed by atoms with E-state index in [-0.39, 0.29) is 5.91 Å². The highest BCUT2D eigenvalue weighted by molar-refractivity contribution is 5.94. The molecular formula is C21H24N4O3. The second kappa shape index (κ2) is 7.71. The second-order valence-electron chi connectivity index (χ2n) is 7.17. The van der Waals surface area contributed by atoms with Gasteiger partial charge in [0.15, 0.2) is 0 Å². The highest BCUT2D eigenvalue weighted by Crippen LogP contribution is 2.26. The smallest absolute Gasteiger partial charge is 0.253 e. The van der Waals surface area contributed by atoms with Crippen LogP contribution in [0.5, 0.6) is 0 Å². The predicted octanol–water partition coefficient (Wildman–Crippen LogP) is 1.85. The largest absolute Gasteiger partial charge is 0.349 e. The summed E-state index contributed by atoms with van der Waals surface area (Å²) in [5, 5.41) is 24.0. The third kappa shape index (κ3) is 3.77. The maximum Gasteiger partial charge on any atom is 0.253 e. The number of aliphatic hydroxyl groups is 2. The van der Waals surface area contributed by atoms with Gasteiger partial charge in [0.2, 0.25) is 0 Å². The number of amides is 1. The molecule has 1 saturated heterocycles. The van der Waals surface area contributed by atoms with Crippen molar-refractivity contribution in [1.29, 1.82) is 0 Å². The van der Waals surface area contributed by atoms with Gasteiger partial charge in [-0.2, -0.15) is 0 Å². The number of piperidine rings is 1. The Balaban J connectivity index is 1.39. The van der Waals surface area contributed by atoms with E-state index in [2.05, 4.69) is 10.3 Å². The van der Waals surface area contributed by atoms with Crippen molar-refractivity contribution in [2.24, 2.45) is 0 Å². The van der Waals surface area contributed by atoms with Crippen LogP contribution in [0.3, 0.4) is 0 Å². The lowest BCUT2D eigenvalue weighted by atomic mass is 10.0. The number of nitrogens with one attached hydrogen (secondary N) is 1. The summed E-state index contributed by atoms with van der Waals surface area (Å²) in [6.07, 6.45) is 8.29. The zero-order chi connectivity index (χ0) is 19.6. The number of carbonyl (C=O) groups is 1. The molecule has 3 heterocycles. The number of rotatable bonds is 5. The summed E-state index contributed by atoms with van der Waals surface area (Å²) in [6.45, 7) is 1.70. The molecule has 1 aliphatic heterocycles. The van der Waals surface area contributed by atoms with Crippen molar-refractivity contribution in [2.75, 3.05) is 13.1 Å². The lowest BCUT2D eigenvalue weighted by Crippen LogP contribution is -2.48. The van der Waals surface area contributed by atoms with Crippen molar-refractivity contribution in [3.05, 3.63) is 71.7 Å². The molecule has 0 aliphatic carbocycles. The molecule has 1 amide bonds. The first-order valence-electron chi connectivity index (χ1n) is 9.54. The molecule has 1 aromatic carbocycles. The van der Waals surface area contributed by atoms with E-state index in [1.165, 1.54) is 0 Å². The Morgan fingerprint density at radius 3 is 2.57 bits per heavy atom. The van der Waals surface area contributed by atoms with E-state index in [0.29, 0.717) is 30.8 Å². The number of nitrogens with zero attached hydrogens (tertiary/aromatic N) is 3. The SMILES string of the molecule is O=C(NCc1ccc(C(O)(O)N2CCCCC2)cc1)c1ccc2nccn2c1. The quantitative estimate of drug-likeness (QED) is 0.588. The molecule has 1 fully saturated rings. The van der Waals surface area contributed by atoms with E-state index in [4.69, 9.17) is 0 Å². The lowest BCUT2D eigenvalue weighted by Gasteiger charge is -2.37. The van der Waals surface area contributed by atoms with Gasteiger partial charge in [-0.25, -0.2) is 9.88 Å². The van der Waals surface area contributed by atoms with E-state index >= 15 is 0 Å². The molecule has 7 nitrogen and oxygen atoms in total. The van der Waals surface area contributed by atoms with Crippen LogP contribution in [0, 0.1) is 0 Å². The molecule has 0 saturated carbocycles. The van der Waals surface area contributed by atoms with Crippen molar-refractivity contribution in [3.8, 4) is 0 Å². The molecule has 7 heteroatoms. The standard InChI is InChI=1S/C21H24N4O3/c26-20(17-6-9-19-22-10-13-24(19)15-17)23-14-16-4-7-18(8-5-16)21(27,28)25-11-2-1-3-12-25/h4-10,13,15,27-28H,1-3,11-12,14H2,(H,23,26). The fourth-order valence-electron chi connectivity index (χ4n) is 3.57. The predicted molar refractivity (Wildman–Crippen MR) is 104 cm³/mol. The second-order valence-corrected chi connectivity index (χ2v) is 7.17. The number of aromatic nitrogens is 2. The molecule has 1 aliphatic rings. The van der Waals surface area contributed by atoms with E-state index in [1.54, 1.807) is 64.3 Å². The van der Waals surface area contributed by atoms with E-state index in [0.717, 1.165) is 30.5 Å². The zero-order valence-electron chi connectivity index (χ0n) is 15.6. The average molecular weight is 380 g/mol. The highest BCUT2D eigenvalue weighted by atomic mass is 16.5. The van der Waals surface area contributed by atoms with Crippen LogP contribution in [0.25, 0.3) is 5.65 Å². The van der Waals surface area contributed by atoms with Crippen LogP contribution in [0.15, 0.2) is 55.0 Å². The molecule has 146 valence electrons. The third-order valence-electron chi connectivity index (χ3n) is 5.24.